The zero-order chi connectivity index (χ0) is 13.1. The number of hydrogen-bond donors (Lipinski definition) is 0. The second-order valence-corrected chi connectivity index (χ2v) is 4.60. The van der Waals surface area contributed by atoms with Crippen LogP contribution in [-0.2, 0) is 9.53 Å². The molecule has 2 unspecified atom stereocenters. The third kappa shape index (κ3) is 2.43. The molecule has 1 aromatic carbocycles. The van der Waals surface area contributed by atoms with E-state index in [0.29, 0.717) is 12.2 Å². The van der Waals surface area contributed by atoms with Crippen molar-refractivity contribution in [2.75, 3.05) is 18.6 Å². The summed E-state index contributed by atoms with van der Waals surface area (Å²) in [6, 6.07) is 7.09. The fourth-order valence-corrected chi connectivity index (χ4v) is 2.21. The van der Waals surface area contributed by atoms with Crippen molar-refractivity contribution in [3.05, 3.63) is 29.8 Å². The van der Waals surface area contributed by atoms with E-state index in [-0.39, 0.29) is 17.8 Å². The summed E-state index contributed by atoms with van der Waals surface area (Å²) < 4.78 is 5.41. The zero-order valence-corrected chi connectivity index (χ0v) is 10.6. The smallest absolute Gasteiger partial charge is 0.213 e. The van der Waals surface area contributed by atoms with Gasteiger partial charge in [-0.3, -0.25) is 9.59 Å². The normalized spacial score (nSPS) is 22.8. The van der Waals surface area contributed by atoms with E-state index in [0.717, 1.165) is 18.5 Å². The summed E-state index contributed by atoms with van der Waals surface area (Å²) in [7, 11) is 1.68. The largest absolute Gasteiger partial charge is 0.378 e. The fraction of sp³-hybridized carbons (Fsp3) is 0.429. The topological polar surface area (TPSA) is 46.6 Å². The highest BCUT2D eigenvalue weighted by molar-refractivity contribution is 5.98. The molecular formula is C14H17NO3. The lowest BCUT2D eigenvalue weighted by atomic mass is 9.92. The van der Waals surface area contributed by atoms with Crippen LogP contribution < -0.4 is 4.90 Å². The second-order valence-electron chi connectivity index (χ2n) is 4.60. The third-order valence-corrected chi connectivity index (χ3v) is 3.43. The van der Waals surface area contributed by atoms with E-state index in [9.17, 15) is 9.59 Å². The highest BCUT2D eigenvalue weighted by Crippen LogP contribution is 2.25. The summed E-state index contributed by atoms with van der Waals surface area (Å²) in [6.45, 7) is 2.59. The first kappa shape index (κ1) is 12.8. The maximum absolute atomic E-state index is 12.2. The first-order chi connectivity index (χ1) is 8.63. The van der Waals surface area contributed by atoms with Crippen molar-refractivity contribution in [1.29, 1.82) is 0 Å². The van der Waals surface area contributed by atoms with Gasteiger partial charge in [0.25, 0.3) is 0 Å². The highest BCUT2D eigenvalue weighted by Gasteiger charge is 2.31. The van der Waals surface area contributed by atoms with Crippen molar-refractivity contribution in [3.8, 4) is 0 Å². The highest BCUT2D eigenvalue weighted by atomic mass is 16.5. The van der Waals surface area contributed by atoms with Gasteiger partial charge in [0.1, 0.15) is 0 Å². The fourth-order valence-electron chi connectivity index (χ4n) is 2.21. The average molecular weight is 247 g/mol. The van der Waals surface area contributed by atoms with Gasteiger partial charge in [-0.05, 0) is 37.6 Å². The molecule has 18 heavy (non-hydrogen) atoms. The Labute approximate surface area is 107 Å². The molecule has 0 radical (unpaired) electrons. The van der Waals surface area contributed by atoms with Crippen LogP contribution in [-0.4, -0.2) is 32.0 Å². The molecule has 1 heterocycles. The van der Waals surface area contributed by atoms with E-state index in [2.05, 4.69) is 0 Å². The molecule has 4 heteroatoms. The standard InChI is InChI=1S/C14H17NO3/c1-10-13(7-8-18-10)14(17)11-3-5-12(6-4-11)15(2)9-16/h3-6,9-10,13H,7-8H2,1-2H3. The van der Waals surface area contributed by atoms with Crippen molar-refractivity contribution >= 4 is 17.9 Å². The van der Waals surface area contributed by atoms with Crippen LogP contribution in [0.1, 0.15) is 23.7 Å². The molecule has 4 nitrogen and oxygen atoms in total. The first-order valence-corrected chi connectivity index (χ1v) is 6.07. The van der Waals surface area contributed by atoms with E-state index in [1.54, 1.807) is 31.3 Å². The molecule has 0 aromatic heterocycles. The van der Waals surface area contributed by atoms with Gasteiger partial charge in [0.2, 0.25) is 6.41 Å². The quantitative estimate of drug-likeness (QED) is 0.603. The van der Waals surface area contributed by atoms with Crippen LogP contribution in [0.4, 0.5) is 5.69 Å². The number of carbonyl (C=O) groups is 2. The van der Waals surface area contributed by atoms with Crippen LogP contribution in [0.2, 0.25) is 0 Å². The monoisotopic (exact) mass is 247 g/mol. The van der Waals surface area contributed by atoms with Crippen molar-refractivity contribution in [2.24, 2.45) is 5.92 Å². The van der Waals surface area contributed by atoms with Crippen LogP contribution in [0.15, 0.2) is 24.3 Å². The minimum atomic E-state index is -0.0420. The van der Waals surface area contributed by atoms with Gasteiger partial charge in [-0.15, -0.1) is 0 Å². The number of ether oxygens (including phenoxy) is 1. The summed E-state index contributed by atoms with van der Waals surface area (Å²) >= 11 is 0. The van der Waals surface area contributed by atoms with E-state index >= 15 is 0 Å². The Morgan fingerprint density at radius 3 is 2.56 bits per heavy atom. The molecule has 1 amide bonds. The molecule has 0 bridgehead atoms. The van der Waals surface area contributed by atoms with E-state index < -0.39 is 0 Å². The van der Waals surface area contributed by atoms with Crippen molar-refractivity contribution in [3.63, 3.8) is 0 Å². The molecule has 1 saturated heterocycles. The Kier molecular flexibility index (Phi) is 3.77. The maximum atomic E-state index is 12.2. The second kappa shape index (κ2) is 5.31. The number of benzene rings is 1. The molecule has 96 valence electrons. The molecule has 1 aromatic rings. The molecule has 0 aliphatic carbocycles. The van der Waals surface area contributed by atoms with Gasteiger partial charge in [0, 0.05) is 24.9 Å². The molecular weight excluding hydrogens is 230 g/mol. The Morgan fingerprint density at radius 1 is 1.39 bits per heavy atom. The van der Waals surface area contributed by atoms with Crippen molar-refractivity contribution in [2.45, 2.75) is 19.4 Å². The predicted octanol–water partition coefficient (Wildman–Crippen LogP) is 1.89. The Hall–Kier alpha value is -1.68. The minimum absolute atomic E-state index is 0.00479. The molecule has 2 atom stereocenters. The van der Waals surface area contributed by atoms with Gasteiger partial charge >= 0.3 is 0 Å². The van der Waals surface area contributed by atoms with Crippen LogP contribution in [0.3, 0.4) is 0 Å². The van der Waals surface area contributed by atoms with Crippen LogP contribution in [0, 0.1) is 5.92 Å². The maximum Gasteiger partial charge on any atom is 0.213 e. The van der Waals surface area contributed by atoms with Gasteiger partial charge < -0.3 is 9.64 Å². The predicted molar refractivity (Wildman–Crippen MR) is 68.8 cm³/mol. The zero-order valence-electron chi connectivity index (χ0n) is 10.6. The van der Waals surface area contributed by atoms with E-state index in [4.69, 9.17) is 4.74 Å². The lowest BCUT2D eigenvalue weighted by Gasteiger charge is -2.14. The van der Waals surface area contributed by atoms with Gasteiger partial charge in [0.15, 0.2) is 5.78 Å². The summed E-state index contributed by atoms with van der Waals surface area (Å²) in [5.41, 5.74) is 1.46. The number of hydrogen-bond acceptors (Lipinski definition) is 3. The van der Waals surface area contributed by atoms with Gasteiger partial charge in [-0.25, -0.2) is 0 Å². The third-order valence-electron chi connectivity index (χ3n) is 3.43. The molecule has 1 aliphatic heterocycles. The molecule has 1 fully saturated rings. The Balaban J connectivity index is 2.14. The van der Waals surface area contributed by atoms with Crippen LogP contribution >= 0.6 is 0 Å². The van der Waals surface area contributed by atoms with Gasteiger partial charge in [0.05, 0.1) is 12.0 Å². The Bertz CT molecular complexity index is 441. The van der Waals surface area contributed by atoms with Crippen molar-refractivity contribution in [1.82, 2.24) is 0 Å². The minimum Gasteiger partial charge on any atom is -0.378 e. The lowest BCUT2D eigenvalue weighted by Crippen LogP contribution is -2.21. The van der Waals surface area contributed by atoms with E-state index in [1.165, 1.54) is 4.90 Å². The number of rotatable bonds is 4. The Morgan fingerprint density at radius 2 is 2.06 bits per heavy atom. The SMILES string of the molecule is CC1OCCC1C(=O)c1ccc(N(C)C=O)cc1. The van der Waals surface area contributed by atoms with E-state index in [1.807, 2.05) is 6.92 Å². The molecule has 0 spiro atoms. The lowest BCUT2D eigenvalue weighted by molar-refractivity contribution is -0.107. The summed E-state index contributed by atoms with van der Waals surface area (Å²) in [5, 5.41) is 0. The number of ketones is 1. The summed E-state index contributed by atoms with van der Waals surface area (Å²) in [5.74, 6) is 0.0833. The van der Waals surface area contributed by atoms with Crippen molar-refractivity contribution < 1.29 is 14.3 Å². The van der Waals surface area contributed by atoms with Crippen LogP contribution in [0.5, 0.6) is 0 Å². The number of Topliss-reactive ketones (excluding diaryl/α,β-unsaturated/α-hetero) is 1. The number of carbonyl (C=O) groups excluding carboxylic acids is 2. The summed E-state index contributed by atoms with van der Waals surface area (Å²) in [4.78, 5) is 24.3. The van der Waals surface area contributed by atoms with Gasteiger partial charge in [-0.2, -0.15) is 0 Å². The van der Waals surface area contributed by atoms with Gasteiger partial charge in [-0.1, -0.05) is 0 Å². The first-order valence-electron chi connectivity index (χ1n) is 6.07. The molecule has 2 rings (SSSR count). The summed E-state index contributed by atoms with van der Waals surface area (Å²) in [6.07, 6.45) is 1.52. The number of anilines is 1. The average Bonchev–Trinajstić information content (AvgIpc) is 2.83. The number of nitrogens with zero attached hydrogens (tertiary/aromatic N) is 1. The van der Waals surface area contributed by atoms with Crippen LogP contribution in [0.25, 0.3) is 0 Å². The molecule has 0 N–H and O–H groups in total. The molecule has 1 aliphatic rings. The number of amides is 1. The molecule has 0 saturated carbocycles.